The largest absolute Gasteiger partial charge is 0.497 e. The molecule has 0 aliphatic rings. The van der Waals surface area contributed by atoms with Crippen LogP contribution in [-0.2, 0) is 11.2 Å². The number of fused-ring (bicyclic) bond motifs is 1. The fraction of sp³-hybridized carbons (Fsp3) is 0.300. The zero-order valence-corrected chi connectivity index (χ0v) is 15.6. The summed E-state index contributed by atoms with van der Waals surface area (Å²) in [6.07, 6.45) is 1.18. The number of amides is 1. The summed E-state index contributed by atoms with van der Waals surface area (Å²) >= 11 is 1.58. The van der Waals surface area contributed by atoms with Crippen LogP contribution in [0.25, 0.3) is 10.2 Å². The van der Waals surface area contributed by atoms with Gasteiger partial charge in [-0.1, -0.05) is 35.6 Å². The van der Waals surface area contributed by atoms with Crippen LogP contribution in [0.2, 0.25) is 0 Å². The van der Waals surface area contributed by atoms with Crippen LogP contribution >= 0.6 is 11.3 Å². The number of hydrogen-bond acceptors (Lipinski definition) is 4. The SMILES string of the molecule is CCN(C(=O)CCc1ccc(OC)cc1)c1nc2c(C)cccc2s1. The number of methoxy groups -OCH3 is 1. The zero-order valence-electron chi connectivity index (χ0n) is 14.8. The Morgan fingerprint density at radius 1 is 1.20 bits per heavy atom. The number of anilines is 1. The highest BCUT2D eigenvalue weighted by molar-refractivity contribution is 7.22. The normalized spacial score (nSPS) is 10.8. The highest BCUT2D eigenvalue weighted by atomic mass is 32.1. The Kier molecular flexibility index (Phi) is 5.34. The van der Waals surface area contributed by atoms with E-state index in [9.17, 15) is 4.79 Å². The highest BCUT2D eigenvalue weighted by Crippen LogP contribution is 2.30. The second-order valence-corrected chi connectivity index (χ2v) is 6.91. The number of hydrogen-bond donors (Lipinski definition) is 0. The van der Waals surface area contributed by atoms with Crippen molar-refractivity contribution >= 4 is 32.6 Å². The van der Waals surface area contributed by atoms with Crippen LogP contribution in [0.4, 0.5) is 5.13 Å². The molecular weight excluding hydrogens is 332 g/mol. The van der Waals surface area contributed by atoms with E-state index < -0.39 is 0 Å². The number of benzene rings is 2. The smallest absolute Gasteiger partial charge is 0.229 e. The lowest BCUT2D eigenvalue weighted by molar-refractivity contribution is -0.118. The maximum absolute atomic E-state index is 12.7. The highest BCUT2D eigenvalue weighted by Gasteiger charge is 2.18. The minimum absolute atomic E-state index is 0.107. The molecule has 3 rings (SSSR count). The van der Waals surface area contributed by atoms with Crippen LogP contribution in [0.15, 0.2) is 42.5 Å². The van der Waals surface area contributed by atoms with Crippen molar-refractivity contribution in [2.75, 3.05) is 18.6 Å². The molecule has 0 spiro atoms. The van der Waals surface area contributed by atoms with Crippen molar-refractivity contribution in [3.8, 4) is 5.75 Å². The van der Waals surface area contributed by atoms with Crippen molar-refractivity contribution in [2.45, 2.75) is 26.7 Å². The Balaban J connectivity index is 1.72. The third-order valence-corrected chi connectivity index (χ3v) is 5.29. The lowest BCUT2D eigenvalue weighted by Gasteiger charge is -2.17. The molecule has 2 aromatic carbocycles. The summed E-state index contributed by atoms with van der Waals surface area (Å²) in [5.41, 5.74) is 3.26. The van der Waals surface area contributed by atoms with Crippen molar-refractivity contribution in [1.29, 1.82) is 0 Å². The number of aryl methyl sites for hydroxylation is 2. The van der Waals surface area contributed by atoms with E-state index in [1.54, 1.807) is 23.3 Å². The Labute approximate surface area is 152 Å². The molecular formula is C20H22N2O2S. The fourth-order valence-corrected chi connectivity index (χ4v) is 3.91. The monoisotopic (exact) mass is 354 g/mol. The molecule has 1 aromatic heterocycles. The number of rotatable bonds is 6. The molecule has 1 heterocycles. The first-order valence-corrected chi connectivity index (χ1v) is 9.23. The molecule has 0 radical (unpaired) electrons. The van der Waals surface area contributed by atoms with Crippen LogP contribution in [0, 0.1) is 6.92 Å². The maximum atomic E-state index is 12.7. The molecule has 0 aliphatic carbocycles. The topological polar surface area (TPSA) is 42.4 Å². The van der Waals surface area contributed by atoms with E-state index in [0.29, 0.717) is 19.4 Å². The van der Waals surface area contributed by atoms with Crippen LogP contribution in [0.5, 0.6) is 5.75 Å². The van der Waals surface area contributed by atoms with E-state index in [1.165, 1.54) is 0 Å². The second kappa shape index (κ2) is 7.66. The number of nitrogens with zero attached hydrogens (tertiary/aromatic N) is 2. The van der Waals surface area contributed by atoms with Crippen LogP contribution in [-0.4, -0.2) is 24.5 Å². The number of carbonyl (C=O) groups excluding carboxylic acids is 1. The molecule has 130 valence electrons. The van der Waals surface area contributed by atoms with Gasteiger partial charge in [0, 0.05) is 13.0 Å². The zero-order chi connectivity index (χ0) is 17.8. The van der Waals surface area contributed by atoms with E-state index in [0.717, 1.165) is 32.2 Å². The summed E-state index contributed by atoms with van der Waals surface area (Å²) in [6, 6.07) is 14.0. The molecule has 5 heteroatoms. The standard InChI is InChI=1S/C20H22N2O2S/c1-4-22(20-21-19-14(2)6-5-7-17(19)25-20)18(23)13-10-15-8-11-16(24-3)12-9-15/h5-9,11-12H,4,10,13H2,1-3H3. The molecule has 3 aromatic rings. The van der Waals surface area contributed by atoms with Crippen LogP contribution < -0.4 is 9.64 Å². The Morgan fingerprint density at radius 2 is 1.96 bits per heavy atom. The van der Waals surface area contributed by atoms with Gasteiger partial charge in [-0.2, -0.15) is 0 Å². The number of thiazole rings is 1. The van der Waals surface area contributed by atoms with Gasteiger partial charge in [0.2, 0.25) is 5.91 Å². The van der Waals surface area contributed by atoms with Crippen molar-refractivity contribution in [1.82, 2.24) is 4.98 Å². The fourth-order valence-electron chi connectivity index (χ4n) is 2.79. The van der Waals surface area contributed by atoms with Gasteiger partial charge in [-0.3, -0.25) is 9.69 Å². The summed E-state index contributed by atoms with van der Waals surface area (Å²) < 4.78 is 6.29. The van der Waals surface area contributed by atoms with E-state index in [2.05, 4.69) is 11.1 Å². The molecule has 1 amide bonds. The van der Waals surface area contributed by atoms with Gasteiger partial charge in [0.15, 0.2) is 5.13 Å². The van der Waals surface area contributed by atoms with Crippen molar-refractivity contribution in [3.63, 3.8) is 0 Å². The summed E-state index contributed by atoms with van der Waals surface area (Å²) in [5, 5.41) is 0.784. The third-order valence-electron chi connectivity index (χ3n) is 4.24. The van der Waals surface area contributed by atoms with E-state index in [1.807, 2.05) is 50.2 Å². The Bertz CT molecular complexity index is 871. The average Bonchev–Trinajstić information content (AvgIpc) is 3.06. The number of para-hydroxylation sites is 1. The van der Waals surface area contributed by atoms with Gasteiger partial charge < -0.3 is 4.74 Å². The van der Waals surface area contributed by atoms with Gasteiger partial charge in [0.1, 0.15) is 5.75 Å². The molecule has 4 nitrogen and oxygen atoms in total. The second-order valence-electron chi connectivity index (χ2n) is 5.90. The number of ether oxygens (including phenoxy) is 1. The molecule has 0 fully saturated rings. The Hall–Kier alpha value is -2.40. The summed E-state index contributed by atoms with van der Waals surface area (Å²) in [4.78, 5) is 19.2. The van der Waals surface area contributed by atoms with Crippen molar-refractivity contribution in [2.24, 2.45) is 0 Å². The van der Waals surface area contributed by atoms with Gasteiger partial charge >= 0.3 is 0 Å². The summed E-state index contributed by atoms with van der Waals surface area (Å²) in [5.74, 6) is 0.935. The van der Waals surface area contributed by atoms with Gasteiger partial charge in [-0.05, 0) is 49.6 Å². The molecule has 0 bridgehead atoms. The quantitative estimate of drug-likeness (QED) is 0.650. The van der Waals surface area contributed by atoms with Crippen molar-refractivity contribution in [3.05, 3.63) is 53.6 Å². The van der Waals surface area contributed by atoms with Gasteiger partial charge in [-0.25, -0.2) is 4.98 Å². The molecule has 0 atom stereocenters. The first-order chi connectivity index (χ1) is 12.1. The molecule has 0 unspecified atom stereocenters. The number of carbonyl (C=O) groups is 1. The first-order valence-electron chi connectivity index (χ1n) is 8.41. The van der Waals surface area contributed by atoms with E-state index in [4.69, 9.17) is 4.74 Å². The predicted molar refractivity (Wildman–Crippen MR) is 104 cm³/mol. The van der Waals surface area contributed by atoms with Gasteiger partial charge in [-0.15, -0.1) is 0 Å². The molecule has 0 aliphatic heterocycles. The number of aromatic nitrogens is 1. The van der Waals surface area contributed by atoms with E-state index in [-0.39, 0.29) is 5.91 Å². The molecule has 0 N–H and O–H groups in total. The van der Waals surface area contributed by atoms with Gasteiger partial charge in [0.05, 0.1) is 17.3 Å². The lowest BCUT2D eigenvalue weighted by atomic mass is 10.1. The molecule has 25 heavy (non-hydrogen) atoms. The maximum Gasteiger partial charge on any atom is 0.229 e. The third kappa shape index (κ3) is 3.82. The summed E-state index contributed by atoms with van der Waals surface area (Å²) in [7, 11) is 1.65. The lowest BCUT2D eigenvalue weighted by Crippen LogP contribution is -2.30. The average molecular weight is 354 g/mol. The minimum Gasteiger partial charge on any atom is -0.497 e. The molecule has 0 saturated heterocycles. The predicted octanol–water partition coefficient (Wildman–Crippen LogP) is 4.60. The summed E-state index contributed by atoms with van der Waals surface area (Å²) in [6.45, 7) is 4.66. The van der Waals surface area contributed by atoms with Crippen LogP contribution in [0.1, 0.15) is 24.5 Å². The Morgan fingerprint density at radius 3 is 2.60 bits per heavy atom. The van der Waals surface area contributed by atoms with Crippen LogP contribution in [0.3, 0.4) is 0 Å². The van der Waals surface area contributed by atoms with Gasteiger partial charge in [0.25, 0.3) is 0 Å². The molecule has 0 saturated carbocycles. The van der Waals surface area contributed by atoms with E-state index >= 15 is 0 Å². The first kappa shape index (κ1) is 17.4. The minimum atomic E-state index is 0.107. The van der Waals surface area contributed by atoms with Crippen molar-refractivity contribution < 1.29 is 9.53 Å².